The molecular formula is C43H45N7O8. The molecule has 0 aliphatic carbocycles. The van der Waals surface area contributed by atoms with Gasteiger partial charge in [0, 0.05) is 47.0 Å². The SMILES string of the molecule is N[C@H](Cc1c[nH]c2ccccc12)C(=O)N[C@H](CO)C(=O)N[C@H](Cc1ccc(O)cc1)C(=O)N(C(=O)[C@H](N)Cc1ccc(O)cc1)[C@@H](C=O)Cc1c[nH]c2ccccc12. The molecule has 6 aromatic rings. The number of fused-ring (bicyclic) bond motifs is 2. The summed E-state index contributed by atoms with van der Waals surface area (Å²) in [7, 11) is 0. The molecule has 4 aromatic carbocycles. The van der Waals surface area contributed by atoms with E-state index in [1.165, 1.54) is 36.4 Å². The topological polar surface area (TPSA) is 257 Å². The quantitative estimate of drug-likeness (QED) is 0.0607. The second-order valence-electron chi connectivity index (χ2n) is 14.1. The van der Waals surface area contributed by atoms with E-state index >= 15 is 0 Å². The molecule has 0 aliphatic rings. The first-order chi connectivity index (χ1) is 27.9. The summed E-state index contributed by atoms with van der Waals surface area (Å²) in [6, 6.07) is 19.6. The summed E-state index contributed by atoms with van der Waals surface area (Å²) in [5, 5.41) is 36.7. The van der Waals surface area contributed by atoms with Crippen LogP contribution in [0.2, 0.25) is 0 Å². The van der Waals surface area contributed by atoms with Gasteiger partial charge in [0.05, 0.1) is 24.7 Å². The molecule has 0 unspecified atom stereocenters. The van der Waals surface area contributed by atoms with Crippen LogP contribution in [0.15, 0.2) is 109 Å². The van der Waals surface area contributed by atoms with Crippen LogP contribution in [0.4, 0.5) is 0 Å². The highest BCUT2D eigenvalue weighted by molar-refractivity contribution is 6.04. The van der Waals surface area contributed by atoms with Crippen molar-refractivity contribution >= 4 is 51.7 Å². The summed E-state index contributed by atoms with van der Waals surface area (Å²) in [4.78, 5) is 76.3. The van der Waals surface area contributed by atoms with E-state index in [9.17, 15) is 39.3 Å². The average Bonchev–Trinajstić information content (AvgIpc) is 3.84. The minimum atomic E-state index is -1.56. The lowest BCUT2D eigenvalue weighted by atomic mass is 9.98. The number of aliphatic hydroxyl groups excluding tert-OH is 1. The number of phenols is 2. The fraction of sp³-hybridized carbons (Fsp3) is 0.233. The summed E-state index contributed by atoms with van der Waals surface area (Å²) in [5.41, 5.74) is 16.8. The molecule has 5 atom stereocenters. The summed E-state index contributed by atoms with van der Waals surface area (Å²) in [5.74, 6) is -3.65. The number of nitrogens with one attached hydrogen (secondary N) is 4. The summed E-state index contributed by atoms with van der Waals surface area (Å²) >= 11 is 0. The number of hydrogen-bond donors (Lipinski definition) is 9. The number of phenolic OH excluding ortho intramolecular Hbond substituents is 2. The predicted molar refractivity (Wildman–Crippen MR) is 216 cm³/mol. The number of benzene rings is 4. The molecule has 11 N–H and O–H groups in total. The van der Waals surface area contributed by atoms with E-state index in [0.29, 0.717) is 23.0 Å². The van der Waals surface area contributed by atoms with Crippen molar-refractivity contribution in [3.63, 3.8) is 0 Å². The van der Waals surface area contributed by atoms with Gasteiger partial charge >= 0.3 is 0 Å². The highest BCUT2D eigenvalue weighted by Gasteiger charge is 2.39. The Morgan fingerprint density at radius 1 is 0.621 bits per heavy atom. The lowest BCUT2D eigenvalue weighted by Gasteiger charge is -2.33. The number of aromatic hydroxyl groups is 2. The van der Waals surface area contributed by atoms with Crippen LogP contribution in [0.1, 0.15) is 22.3 Å². The molecule has 2 heterocycles. The number of amides is 4. The number of imide groups is 1. The fourth-order valence-electron chi connectivity index (χ4n) is 6.92. The van der Waals surface area contributed by atoms with Gasteiger partial charge in [-0.25, -0.2) is 0 Å². The lowest BCUT2D eigenvalue weighted by Crippen LogP contribution is -2.61. The smallest absolute Gasteiger partial charge is 0.252 e. The van der Waals surface area contributed by atoms with Crippen LogP contribution in [0.25, 0.3) is 21.8 Å². The van der Waals surface area contributed by atoms with E-state index < -0.39 is 60.4 Å². The molecule has 0 saturated carbocycles. The first-order valence-corrected chi connectivity index (χ1v) is 18.7. The van der Waals surface area contributed by atoms with Gasteiger partial charge in [0.15, 0.2) is 0 Å². The van der Waals surface area contributed by atoms with Crippen molar-refractivity contribution in [3.8, 4) is 11.5 Å². The zero-order valence-corrected chi connectivity index (χ0v) is 31.4. The van der Waals surface area contributed by atoms with Gasteiger partial charge in [0.2, 0.25) is 17.7 Å². The molecule has 0 radical (unpaired) electrons. The minimum absolute atomic E-state index is 0.00153. The fourth-order valence-corrected chi connectivity index (χ4v) is 6.92. The third-order valence-electron chi connectivity index (χ3n) is 10.0. The number of rotatable bonds is 17. The third kappa shape index (κ3) is 9.58. The van der Waals surface area contributed by atoms with Crippen molar-refractivity contribution in [1.82, 2.24) is 25.5 Å². The molecule has 300 valence electrons. The maximum atomic E-state index is 14.8. The molecule has 4 amide bonds. The van der Waals surface area contributed by atoms with Gasteiger partial charge in [-0.1, -0.05) is 60.7 Å². The van der Waals surface area contributed by atoms with Crippen LogP contribution in [0.5, 0.6) is 11.5 Å². The third-order valence-corrected chi connectivity index (χ3v) is 10.0. The van der Waals surface area contributed by atoms with Gasteiger partial charge in [0.25, 0.3) is 5.91 Å². The monoisotopic (exact) mass is 787 g/mol. The van der Waals surface area contributed by atoms with Crippen molar-refractivity contribution in [2.75, 3.05) is 6.61 Å². The maximum absolute atomic E-state index is 14.8. The van der Waals surface area contributed by atoms with Crippen molar-refractivity contribution in [2.24, 2.45) is 11.5 Å². The van der Waals surface area contributed by atoms with Crippen LogP contribution in [0, 0.1) is 0 Å². The lowest BCUT2D eigenvalue weighted by molar-refractivity contribution is -0.152. The normalized spacial score (nSPS) is 13.9. The van der Waals surface area contributed by atoms with Crippen LogP contribution in [-0.2, 0) is 49.7 Å². The molecule has 58 heavy (non-hydrogen) atoms. The van der Waals surface area contributed by atoms with Gasteiger partial charge in [-0.15, -0.1) is 0 Å². The number of aldehydes is 1. The summed E-state index contributed by atoms with van der Waals surface area (Å²) in [6.45, 7) is -0.866. The second kappa shape index (κ2) is 18.4. The van der Waals surface area contributed by atoms with E-state index in [2.05, 4.69) is 20.6 Å². The van der Waals surface area contributed by atoms with Gasteiger partial charge in [-0.05, 0) is 71.5 Å². The Labute approximate surface area is 333 Å². The Hall–Kier alpha value is -6.81. The average molecular weight is 788 g/mol. The van der Waals surface area contributed by atoms with Crippen molar-refractivity contribution in [2.45, 2.75) is 55.9 Å². The molecule has 15 nitrogen and oxygen atoms in total. The molecular weight excluding hydrogens is 743 g/mol. The number of aromatic amines is 2. The van der Waals surface area contributed by atoms with Gasteiger partial charge in [-0.2, -0.15) is 0 Å². The highest BCUT2D eigenvalue weighted by Crippen LogP contribution is 2.23. The maximum Gasteiger partial charge on any atom is 0.252 e. The molecule has 15 heteroatoms. The molecule has 0 saturated heterocycles. The number of carbonyl (C=O) groups excluding carboxylic acids is 5. The molecule has 0 spiro atoms. The minimum Gasteiger partial charge on any atom is -0.508 e. The molecule has 0 bridgehead atoms. The highest BCUT2D eigenvalue weighted by atomic mass is 16.3. The Morgan fingerprint density at radius 2 is 1.12 bits per heavy atom. The first-order valence-electron chi connectivity index (χ1n) is 18.7. The standard InChI is InChI=1S/C43H45N7O8/c44-34(20-28-22-47-37-8-4-2-6-33(28)37)40(55)49-39(24-52)41(56)48-38(18-26-11-15-31(54)16-12-26)43(58)50(42(57)35(45)17-25-9-13-30(53)14-10-25)29(23-51)19-27-21-46-36-7-3-1-5-32(27)36/h1-16,21-23,29,34-35,38-39,46-47,52-54H,17-20,24,44-45H2,(H,48,56)(H,49,55)/t29-,34-,35-,38-,39-/m1/s1. The van der Waals surface area contributed by atoms with Crippen LogP contribution in [-0.4, -0.2) is 96.9 Å². The van der Waals surface area contributed by atoms with Crippen molar-refractivity contribution < 1.29 is 39.3 Å². The number of hydrogen-bond acceptors (Lipinski definition) is 10. The molecule has 2 aromatic heterocycles. The number of nitrogens with zero attached hydrogens (tertiary/aromatic N) is 1. The Morgan fingerprint density at radius 3 is 1.66 bits per heavy atom. The second-order valence-corrected chi connectivity index (χ2v) is 14.1. The number of nitrogens with two attached hydrogens (primary N) is 2. The van der Waals surface area contributed by atoms with E-state index in [-0.39, 0.29) is 37.2 Å². The van der Waals surface area contributed by atoms with Gasteiger partial charge in [-0.3, -0.25) is 24.1 Å². The number of carbonyl (C=O) groups is 5. The number of aromatic nitrogens is 2. The van der Waals surface area contributed by atoms with Crippen molar-refractivity contribution in [1.29, 1.82) is 0 Å². The molecule has 0 fully saturated rings. The van der Waals surface area contributed by atoms with E-state index in [0.717, 1.165) is 32.3 Å². The van der Waals surface area contributed by atoms with E-state index in [1.807, 2.05) is 48.5 Å². The zero-order chi connectivity index (χ0) is 41.3. The van der Waals surface area contributed by atoms with Crippen LogP contribution >= 0.6 is 0 Å². The van der Waals surface area contributed by atoms with Crippen LogP contribution < -0.4 is 22.1 Å². The number of para-hydroxylation sites is 2. The molecule has 0 aliphatic heterocycles. The number of H-pyrrole nitrogens is 2. The van der Waals surface area contributed by atoms with E-state index in [4.69, 9.17) is 11.5 Å². The zero-order valence-electron chi connectivity index (χ0n) is 31.4. The van der Waals surface area contributed by atoms with Crippen LogP contribution in [0.3, 0.4) is 0 Å². The first kappa shape index (κ1) is 40.8. The largest absolute Gasteiger partial charge is 0.508 e. The van der Waals surface area contributed by atoms with Crippen molar-refractivity contribution in [3.05, 3.63) is 132 Å². The van der Waals surface area contributed by atoms with E-state index in [1.54, 1.807) is 24.5 Å². The Balaban J connectivity index is 1.28. The predicted octanol–water partition coefficient (Wildman–Crippen LogP) is 1.87. The Kier molecular flexibility index (Phi) is 13.0. The summed E-state index contributed by atoms with van der Waals surface area (Å²) < 4.78 is 0. The number of aliphatic hydroxyl groups is 1. The summed E-state index contributed by atoms with van der Waals surface area (Å²) in [6.07, 6.45) is 3.61. The van der Waals surface area contributed by atoms with Gasteiger partial charge < -0.3 is 52.2 Å². The molecule has 6 rings (SSSR count). The Bertz CT molecular complexity index is 2390. The van der Waals surface area contributed by atoms with Gasteiger partial charge in [0.1, 0.15) is 29.9 Å².